The summed E-state index contributed by atoms with van der Waals surface area (Å²) in [6, 6.07) is 4.87. The smallest absolute Gasteiger partial charge is 0.406 e. The zero-order chi connectivity index (χ0) is 15.0. The van der Waals surface area contributed by atoms with E-state index in [4.69, 9.17) is 9.47 Å². The number of carbonyl (C=O) groups is 2. The van der Waals surface area contributed by atoms with Crippen molar-refractivity contribution in [2.75, 3.05) is 34.4 Å². The Morgan fingerprint density at radius 1 is 1.00 bits per heavy atom. The number of amides is 2. The van der Waals surface area contributed by atoms with Crippen LogP contribution in [-0.2, 0) is 4.74 Å². The van der Waals surface area contributed by atoms with E-state index in [1.165, 1.54) is 21.3 Å². The SMILES string of the molecule is COC(=O)NCCNC(=O)c1ccc(OC)c(OC)c1. The van der Waals surface area contributed by atoms with Crippen LogP contribution >= 0.6 is 0 Å². The molecule has 0 aliphatic rings. The van der Waals surface area contributed by atoms with Gasteiger partial charge in [-0.3, -0.25) is 4.79 Å². The highest BCUT2D eigenvalue weighted by molar-refractivity contribution is 5.94. The fourth-order valence-electron chi connectivity index (χ4n) is 1.49. The van der Waals surface area contributed by atoms with Crippen LogP contribution in [-0.4, -0.2) is 46.4 Å². The van der Waals surface area contributed by atoms with Gasteiger partial charge in [0, 0.05) is 18.7 Å². The quantitative estimate of drug-likeness (QED) is 0.753. The van der Waals surface area contributed by atoms with Gasteiger partial charge in [0.2, 0.25) is 0 Å². The number of hydrogen-bond donors (Lipinski definition) is 2. The van der Waals surface area contributed by atoms with Crippen molar-refractivity contribution >= 4 is 12.0 Å². The molecule has 0 spiro atoms. The van der Waals surface area contributed by atoms with E-state index in [2.05, 4.69) is 15.4 Å². The number of ether oxygens (including phenoxy) is 3. The first-order chi connectivity index (χ1) is 9.62. The lowest BCUT2D eigenvalue weighted by molar-refractivity contribution is 0.0952. The van der Waals surface area contributed by atoms with Gasteiger partial charge in [-0.1, -0.05) is 0 Å². The number of alkyl carbamates (subject to hydrolysis) is 1. The van der Waals surface area contributed by atoms with Crippen LogP contribution in [0.4, 0.5) is 4.79 Å². The van der Waals surface area contributed by atoms with Crippen molar-refractivity contribution < 1.29 is 23.8 Å². The highest BCUT2D eigenvalue weighted by Crippen LogP contribution is 2.27. The van der Waals surface area contributed by atoms with E-state index in [0.717, 1.165) is 0 Å². The zero-order valence-corrected chi connectivity index (χ0v) is 11.7. The van der Waals surface area contributed by atoms with Crippen molar-refractivity contribution in [1.29, 1.82) is 0 Å². The molecule has 1 aromatic carbocycles. The van der Waals surface area contributed by atoms with Crippen LogP contribution in [0, 0.1) is 0 Å². The van der Waals surface area contributed by atoms with Crippen molar-refractivity contribution in [2.24, 2.45) is 0 Å². The standard InChI is InChI=1S/C13H18N2O5/c1-18-10-5-4-9(8-11(10)19-2)12(16)14-6-7-15-13(17)20-3/h4-5,8H,6-7H2,1-3H3,(H,14,16)(H,15,17). The summed E-state index contributed by atoms with van der Waals surface area (Å²) in [5, 5.41) is 5.12. The molecule has 0 radical (unpaired) electrons. The zero-order valence-electron chi connectivity index (χ0n) is 11.7. The number of nitrogens with one attached hydrogen (secondary N) is 2. The lowest BCUT2D eigenvalue weighted by atomic mass is 10.2. The van der Waals surface area contributed by atoms with E-state index < -0.39 is 6.09 Å². The molecular formula is C13H18N2O5. The van der Waals surface area contributed by atoms with Gasteiger partial charge in [0.15, 0.2) is 11.5 Å². The Balaban J connectivity index is 2.53. The summed E-state index contributed by atoms with van der Waals surface area (Å²) in [6.07, 6.45) is -0.537. The molecule has 0 saturated heterocycles. The highest BCUT2D eigenvalue weighted by Gasteiger charge is 2.10. The van der Waals surface area contributed by atoms with Crippen LogP contribution in [0.25, 0.3) is 0 Å². The van der Waals surface area contributed by atoms with Crippen LogP contribution in [0.3, 0.4) is 0 Å². The topological polar surface area (TPSA) is 85.9 Å². The van der Waals surface area contributed by atoms with E-state index in [-0.39, 0.29) is 12.5 Å². The summed E-state index contributed by atoms with van der Waals surface area (Å²) in [6.45, 7) is 0.577. The Bertz CT molecular complexity index is 476. The molecule has 7 nitrogen and oxygen atoms in total. The summed E-state index contributed by atoms with van der Waals surface area (Å²) >= 11 is 0. The molecule has 20 heavy (non-hydrogen) atoms. The van der Waals surface area contributed by atoms with E-state index in [0.29, 0.717) is 23.6 Å². The van der Waals surface area contributed by atoms with Crippen LogP contribution in [0.5, 0.6) is 11.5 Å². The van der Waals surface area contributed by atoms with Gasteiger partial charge in [0.1, 0.15) is 0 Å². The molecule has 0 bridgehead atoms. The first kappa shape index (κ1) is 15.6. The molecule has 0 atom stereocenters. The van der Waals surface area contributed by atoms with Gasteiger partial charge in [0.25, 0.3) is 5.91 Å². The van der Waals surface area contributed by atoms with Crippen LogP contribution < -0.4 is 20.1 Å². The molecule has 2 amide bonds. The molecule has 0 heterocycles. The van der Waals surface area contributed by atoms with Crippen molar-refractivity contribution in [3.05, 3.63) is 23.8 Å². The van der Waals surface area contributed by atoms with E-state index in [9.17, 15) is 9.59 Å². The molecule has 0 aromatic heterocycles. The molecule has 0 aliphatic heterocycles. The molecule has 0 aliphatic carbocycles. The van der Waals surface area contributed by atoms with Crippen LogP contribution in [0.15, 0.2) is 18.2 Å². The summed E-state index contributed by atoms with van der Waals surface area (Å²) in [5.41, 5.74) is 0.445. The second kappa shape index (κ2) is 7.88. The minimum absolute atomic E-state index is 0.266. The fourth-order valence-corrected chi connectivity index (χ4v) is 1.49. The van der Waals surface area contributed by atoms with Gasteiger partial charge in [-0.25, -0.2) is 4.79 Å². The third-order valence-electron chi connectivity index (χ3n) is 2.51. The minimum atomic E-state index is -0.537. The first-order valence-electron chi connectivity index (χ1n) is 5.94. The Morgan fingerprint density at radius 2 is 1.65 bits per heavy atom. The molecule has 1 rings (SSSR count). The van der Waals surface area contributed by atoms with Crippen LogP contribution in [0.1, 0.15) is 10.4 Å². The Morgan fingerprint density at radius 3 is 2.25 bits per heavy atom. The molecule has 110 valence electrons. The Hall–Kier alpha value is -2.44. The average molecular weight is 282 g/mol. The van der Waals surface area contributed by atoms with Gasteiger partial charge in [-0.05, 0) is 18.2 Å². The summed E-state index contributed by atoms with van der Waals surface area (Å²) in [7, 11) is 4.30. The number of methoxy groups -OCH3 is 3. The van der Waals surface area contributed by atoms with E-state index >= 15 is 0 Å². The second-order valence-electron chi connectivity index (χ2n) is 3.74. The number of rotatable bonds is 6. The number of hydrogen-bond acceptors (Lipinski definition) is 5. The average Bonchev–Trinajstić information content (AvgIpc) is 2.50. The fraction of sp³-hybridized carbons (Fsp3) is 0.385. The van der Waals surface area contributed by atoms with Crippen molar-refractivity contribution in [3.63, 3.8) is 0 Å². The monoisotopic (exact) mass is 282 g/mol. The summed E-state index contributed by atoms with van der Waals surface area (Å²) in [5.74, 6) is 0.766. The Labute approximate surface area is 117 Å². The van der Waals surface area contributed by atoms with Gasteiger partial charge in [-0.15, -0.1) is 0 Å². The van der Waals surface area contributed by atoms with Crippen LogP contribution in [0.2, 0.25) is 0 Å². The van der Waals surface area contributed by atoms with Gasteiger partial charge < -0.3 is 24.8 Å². The summed E-state index contributed by atoms with van der Waals surface area (Å²) in [4.78, 5) is 22.7. The Kier molecular flexibility index (Phi) is 6.15. The minimum Gasteiger partial charge on any atom is -0.493 e. The molecule has 1 aromatic rings. The molecule has 0 unspecified atom stereocenters. The highest BCUT2D eigenvalue weighted by atomic mass is 16.5. The first-order valence-corrected chi connectivity index (χ1v) is 5.94. The lowest BCUT2D eigenvalue weighted by Crippen LogP contribution is -2.34. The third-order valence-corrected chi connectivity index (χ3v) is 2.51. The van der Waals surface area contributed by atoms with Crippen molar-refractivity contribution in [1.82, 2.24) is 10.6 Å². The lowest BCUT2D eigenvalue weighted by Gasteiger charge is -2.10. The maximum Gasteiger partial charge on any atom is 0.406 e. The molecule has 7 heteroatoms. The number of carbonyl (C=O) groups excluding carboxylic acids is 2. The van der Waals surface area contributed by atoms with E-state index in [1.807, 2.05) is 0 Å². The molecule has 2 N–H and O–H groups in total. The second-order valence-corrected chi connectivity index (χ2v) is 3.74. The van der Waals surface area contributed by atoms with Gasteiger partial charge >= 0.3 is 6.09 Å². The number of benzene rings is 1. The third kappa shape index (κ3) is 4.34. The molecule has 0 fully saturated rings. The van der Waals surface area contributed by atoms with Crippen molar-refractivity contribution in [2.45, 2.75) is 0 Å². The summed E-state index contributed by atoms with van der Waals surface area (Å²) < 4.78 is 14.6. The largest absolute Gasteiger partial charge is 0.493 e. The maximum absolute atomic E-state index is 11.9. The normalized spacial score (nSPS) is 9.55. The van der Waals surface area contributed by atoms with Crippen molar-refractivity contribution in [3.8, 4) is 11.5 Å². The van der Waals surface area contributed by atoms with Gasteiger partial charge in [0.05, 0.1) is 21.3 Å². The molecule has 0 saturated carbocycles. The molecular weight excluding hydrogens is 264 g/mol. The van der Waals surface area contributed by atoms with Gasteiger partial charge in [-0.2, -0.15) is 0 Å². The maximum atomic E-state index is 11.9. The predicted molar refractivity (Wildman–Crippen MR) is 72.3 cm³/mol. The predicted octanol–water partition coefficient (Wildman–Crippen LogP) is 0.790. The van der Waals surface area contributed by atoms with E-state index in [1.54, 1.807) is 18.2 Å².